The predicted octanol–water partition coefficient (Wildman–Crippen LogP) is 8.90. The van der Waals surface area contributed by atoms with Crippen LogP contribution in [0, 0.1) is 52.3 Å². The smallest absolute Gasteiger partial charge is 0.218 e. The average molecular weight is 560 g/mol. The Hall–Kier alpha value is -0.883. The van der Waals surface area contributed by atoms with Crippen LogP contribution in [0.1, 0.15) is 113 Å². The molecule has 4 fully saturated rings. The fraction of sp³-hybridized carbons (Fsp3) is 0.969. The van der Waals surface area contributed by atoms with Crippen LogP contribution in [0.4, 0.5) is 0 Å². The van der Waals surface area contributed by atoms with E-state index in [0.29, 0.717) is 54.0 Å². The molecule has 0 bridgehead atoms. The van der Waals surface area contributed by atoms with Gasteiger partial charge in [0, 0.05) is 17.4 Å². The van der Waals surface area contributed by atoms with Gasteiger partial charge < -0.3 is 9.53 Å². The lowest BCUT2D eigenvalue weighted by atomic mass is 9.41. The summed E-state index contributed by atoms with van der Waals surface area (Å²) in [5, 5.41) is 15.7. The summed E-state index contributed by atoms with van der Waals surface area (Å²) in [6.45, 7) is 21.5. The summed E-state index contributed by atoms with van der Waals surface area (Å²) in [4.78, 5) is 14.6. The zero-order valence-corrected chi connectivity index (χ0v) is 27.4. The van der Waals surface area contributed by atoms with Gasteiger partial charge in [0.1, 0.15) is 0 Å². The Labute approximate surface area is 239 Å². The van der Waals surface area contributed by atoms with Crippen LogP contribution >= 0.6 is 0 Å². The van der Waals surface area contributed by atoms with E-state index in [4.69, 9.17) is 9.96 Å². The van der Waals surface area contributed by atoms with Crippen LogP contribution in [0.3, 0.4) is 0 Å². The van der Waals surface area contributed by atoms with Gasteiger partial charge in [-0.1, -0.05) is 54.9 Å². The highest BCUT2D eigenvalue weighted by atomic mass is 28.4. The first-order chi connectivity index (χ1) is 18.1. The van der Waals surface area contributed by atoms with Crippen LogP contribution < -0.4 is 0 Å². The molecule has 39 heavy (non-hydrogen) atoms. The SMILES string of the molecule is CC[C@@H]1C2CC(O[Si](C)(C)C(C)(C)C)CCC2(C)[C@H]2CCC3(C)C([C@H](C)CCC(=O)N=[N+]=[N-])CC[C@H]3[C@@H]2[C@@H]1O. The Morgan fingerprint density at radius 1 is 1.10 bits per heavy atom. The average Bonchev–Trinajstić information content (AvgIpc) is 3.20. The molecule has 0 radical (unpaired) electrons. The fourth-order valence-corrected chi connectivity index (χ4v) is 11.7. The molecule has 0 spiro atoms. The summed E-state index contributed by atoms with van der Waals surface area (Å²) >= 11 is 0. The molecule has 0 aromatic heterocycles. The maximum Gasteiger partial charge on any atom is 0.218 e. The molecule has 1 N–H and O–H groups in total. The number of fused-ring (bicyclic) bond motifs is 5. The summed E-state index contributed by atoms with van der Waals surface area (Å²) in [7, 11) is -1.83. The van der Waals surface area contributed by atoms with Gasteiger partial charge in [0.25, 0.3) is 0 Å². The molecule has 5 unspecified atom stereocenters. The largest absolute Gasteiger partial charge is 0.414 e. The molecule has 4 rings (SSSR count). The van der Waals surface area contributed by atoms with Crippen molar-refractivity contribution in [3.05, 3.63) is 10.4 Å². The van der Waals surface area contributed by atoms with E-state index in [-0.39, 0.29) is 27.9 Å². The van der Waals surface area contributed by atoms with E-state index in [0.717, 1.165) is 25.7 Å². The molecule has 4 aliphatic rings. The lowest BCUT2D eigenvalue weighted by Crippen LogP contribution is -2.62. The molecular formula is C32H57N3O3Si. The van der Waals surface area contributed by atoms with Crippen molar-refractivity contribution in [3.63, 3.8) is 0 Å². The fourth-order valence-electron chi connectivity index (χ4n) is 10.3. The summed E-state index contributed by atoms with van der Waals surface area (Å²) in [6.07, 6.45) is 10.6. The highest BCUT2D eigenvalue weighted by molar-refractivity contribution is 6.74. The monoisotopic (exact) mass is 559 g/mol. The van der Waals surface area contributed by atoms with E-state index in [9.17, 15) is 9.90 Å². The van der Waals surface area contributed by atoms with E-state index in [1.165, 1.54) is 32.1 Å². The van der Waals surface area contributed by atoms with Gasteiger partial charge in [0.05, 0.1) is 6.10 Å². The number of amides is 1. The number of aliphatic hydroxyl groups excluding tert-OH is 1. The summed E-state index contributed by atoms with van der Waals surface area (Å²) < 4.78 is 6.99. The van der Waals surface area contributed by atoms with Crippen molar-refractivity contribution in [1.29, 1.82) is 0 Å². The molecule has 6 nitrogen and oxygen atoms in total. The number of carbonyl (C=O) groups excluding carboxylic acids is 1. The lowest BCUT2D eigenvalue weighted by molar-refractivity contribution is -0.202. The Kier molecular flexibility index (Phi) is 8.82. The highest BCUT2D eigenvalue weighted by Gasteiger charge is 2.65. The van der Waals surface area contributed by atoms with Gasteiger partial charge in [-0.25, -0.2) is 0 Å². The number of azide groups is 1. The van der Waals surface area contributed by atoms with Gasteiger partial charge in [0.15, 0.2) is 8.32 Å². The van der Waals surface area contributed by atoms with E-state index < -0.39 is 8.32 Å². The predicted molar refractivity (Wildman–Crippen MR) is 160 cm³/mol. The molecular weight excluding hydrogens is 502 g/mol. The number of carbonyl (C=O) groups is 1. The third kappa shape index (κ3) is 5.39. The van der Waals surface area contributed by atoms with E-state index in [2.05, 4.69) is 71.6 Å². The van der Waals surface area contributed by atoms with Crippen LogP contribution in [0.15, 0.2) is 5.11 Å². The van der Waals surface area contributed by atoms with Crippen molar-refractivity contribution in [2.45, 2.75) is 143 Å². The van der Waals surface area contributed by atoms with Crippen molar-refractivity contribution in [2.75, 3.05) is 0 Å². The highest BCUT2D eigenvalue weighted by Crippen LogP contribution is 2.69. The Morgan fingerprint density at radius 2 is 1.74 bits per heavy atom. The zero-order chi connectivity index (χ0) is 29.0. The minimum absolute atomic E-state index is 0.216. The van der Waals surface area contributed by atoms with Gasteiger partial charge >= 0.3 is 0 Å². The minimum atomic E-state index is -1.83. The van der Waals surface area contributed by atoms with E-state index in [1.54, 1.807) is 0 Å². The molecule has 4 aliphatic carbocycles. The van der Waals surface area contributed by atoms with Crippen LogP contribution in [-0.4, -0.2) is 31.5 Å². The molecule has 4 saturated carbocycles. The lowest BCUT2D eigenvalue weighted by Gasteiger charge is -2.65. The van der Waals surface area contributed by atoms with Crippen LogP contribution in [-0.2, 0) is 9.22 Å². The van der Waals surface area contributed by atoms with Crippen molar-refractivity contribution < 1.29 is 14.3 Å². The second kappa shape index (κ2) is 11.1. The summed E-state index contributed by atoms with van der Waals surface area (Å²) in [5.74, 6) is 3.06. The van der Waals surface area contributed by atoms with Crippen LogP contribution in [0.25, 0.3) is 10.4 Å². The Morgan fingerprint density at radius 3 is 2.36 bits per heavy atom. The van der Waals surface area contributed by atoms with Gasteiger partial charge in [-0.2, -0.15) is 0 Å². The summed E-state index contributed by atoms with van der Waals surface area (Å²) in [5.41, 5.74) is 9.09. The maximum absolute atomic E-state index is 12.2. The quantitative estimate of drug-likeness (QED) is 0.146. The molecule has 0 aromatic rings. The van der Waals surface area contributed by atoms with Gasteiger partial charge in [-0.05, 0) is 132 Å². The first-order valence-electron chi connectivity index (χ1n) is 16.0. The van der Waals surface area contributed by atoms with Crippen molar-refractivity contribution >= 4 is 14.2 Å². The second-order valence-electron chi connectivity index (χ2n) is 16.1. The van der Waals surface area contributed by atoms with Crippen LogP contribution in [0.2, 0.25) is 18.1 Å². The number of hydrogen-bond acceptors (Lipinski definition) is 3. The summed E-state index contributed by atoms with van der Waals surface area (Å²) in [6, 6.07) is 0. The van der Waals surface area contributed by atoms with Gasteiger partial charge in [0.2, 0.25) is 5.91 Å². The molecule has 11 atom stereocenters. The number of rotatable bonds is 7. The van der Waals surface area contributed by atoms with Crippen molar-refractivity contribution in [1.82, 2.24) is 0 Å². The molecule has 1 amide bonds. The molecule has 0 aromatic carbocycles. The molecule has 7 heteroatoms. The third-order valence-corrected chi connectivity index (χ3v) is 17.9. The third-order valence-electron chi connectivity index (χ3n) is 13.4. The topological polar surface area (TPSA) is 95.3 Å². The number of nitrogens with zero attached hydrogens (tertiary/aromatic N) is 3. The molecule has 0 heterocycles. The minimum Gasteiger partial charge on any atom is -0.414 e. The number of hydrogen-bond donors (Lipinski definition) is 1. The first kappa shape index (κ1) is 31.1. The Balaban J connectivity index is 1.54. The molecule has 0 aliphatic heterocycles. The van der Waals surface area contributed by atoms with E-state index >= 15 is 0 Å². The number of aliphatic hydroxyl groups is 1. The molecule has 0 saturated heterocycles. The standard InChI is InChI=1S/C32H57N3O3Si/c1-10-22-26-19-21(38-39(8,9)30(3,4)5)15-17-32(26,7)25-16-18-31(6)23(12-13-24(31)28(25)29(22)37)20(2)11-14-27(36)34-35-33/h20-26,28-29,37H,10-19H2,1-9H3/t20-,21?,22-,23?,24+,25+,26?,28+,29-,31?,32?/m1/s1. The maximum atomic E-state index is 12.2. The van der Waals surface area contributed by atoms with Gasteiger partial charge in [-0.15, -0.1) is 0 Å². The van der Waals surface area contributed by atoms with Crippen molar-refractivity contribution in [3.8, 4) is 0 Å². The van der Waals surface area contributed by atoms with Crippen molar-refractivity contribution in [2.24, 2.45) is 57.4 Å². The normalized spacial score (nSPS) is 43.0. The van der Waals surface area contributed by atoms with E-state index in [1.807, 2.05) is 0 Å². The second-order valence-corrected chi connectivity index (χ2v) is 20.8. The van der Waals surface area contributed by atoms with Gasteiger partial charge in [-0.3, -0.25) is 4.79 Å². The molecule has 222 valence electrons. The first-order valence-corrected chi connectivity index (χ1v) is 18.9. The zero-order valence-electron chi connectivity index (χ0n) is 26.4. The van der Waals surface area contributed by atoms with Crippen LogP contribution in [0.5, 0.6) is 0 Å². The Bertz CT molecular complexity index is 959.